The molecule has 0 aliphatic rings. The molecule has 0 unspecified atom stereocenters. The average Bonchev–Trinajstić information content (AvgIpc) is 2.39. The summed E-state index contributed by atoms with van der Waals surface area (Å²) in [6.07, 6.45) is 0.601. The summed E-state index contributed by atoms with van der Waals surface area (Å²) in [6, 6.07) is 4.78. The van der Waals surface area contributed by atoms with Crippen LogP contribution in [0.2, 0.25) is 0 Å². The van der Waals surface area contributed by atoms with Gasteiger partial charge in [-0.25, -0.2) is 10.2 Å². The summed E-state index contributed by atoms with van der Waals surface area (Å²) in [5.41, 5.74) is 2.94. The number of hydrogen-bond donors (Lipinski definition) is 1. The molecule has 0 fully saturated rings. The lowest BCUT2D eigenvalue weighted by atomic mass is 10.2. The van der Waals surface area contributed by atoms with Crippen molar-refractivity contribution in [3.8, 4) is 11.5 Å². The molecule has 1 rings (SSSR count). The molecular weight excluding hydrogens is 252 g/mol. The molecule has 0 radical (unpaired) electrons. The van der Waals surface area contributed by atoms with Gasteiger partial charge < -0.3 is 14.2 Å². The van der Waals surface area contributed by atoms with E-state index in [1.165, 1.54) is 33.4 Å². The SMILES string of the molecule is COC(=O)Oc1ccc(/C=N\NC(C)=O)cc1OC. The second-order valence-corrected chi connectivity index (χ2v) is 3.39. The number of nitrogens with one attached hydrogen (secondary N) is 1. The molecule has 7 nitrogen and oxygen atoms in total. The first-order valence-electron chi connectivity index (χ1n) is 5.30. The van der Waals surface area contributed by atoms with Crippen LogP contribution in [0.1, 0.15) is 12.5 Å². The van der Waals surface area contributed by atoms with E-state index < -0.39 is 6.16 Å². The summed E-state index contributed by atoms with van der Waals surface area (Å²) >= 11 is 0. The van der Waals surface area contributed by atoms with Crippen molar-refractivity contribution in [2.75, 3.05) is 14.2 Å². The molecule has 0 aliphatic carbocycles. The predicted octanol–water partition coefficient (Wildman–Crippen LogP) is 1.31. The molecule has 1 N–H and O–H groups in total. The second-order valence-electron chi connectivity index (χ2n) is 3.39. The van der Waals surface area contributed by atoms with Gasteiger partial charge in [-0.05, 0) is 23.8 Å². The third kappa shape index (κ3) is 4.66. The van der Waals surface area contributed by atoms with Crippen molar-refractivity contribution in [2.24, 2.45) is 5.10 Å². The van der Waals surface area contributed by atoms with E-state index in [4.69, 9.17) is 9.47 Å². The zero-order valence-corrected chi connectivity index (χ0v) is 10.8. The Labute approximate surface area is 110 Å². The third-order valence-corrected chi connectivity index (χ3v) is 1.98. The van der Waals surface area contributed by atoms with Crippen LogP contribution in [0.5, 0.6) is 11.5 Å². The van der Waals surface area contributed by atoms with E-state index >= 15 is 0 Å². The summed E-state index contributed by atoms with van der Waals surface area (Å²) in [4.78, 5) is 21.7. The van der Waals surface area contributed by atoms with Crippen LogP contribution in [0.15, 0.2) is 23.3 Å². The number of carbonyl (C=O) groups is 2. The lowest BCUT2D eigenvalue weighted by Crippen LogP contribution is -2.12. The molecule has 1 aromatic carbocycles. The Morgan fingerprint density at radius 2 is 2.00 bits per heavy atom. The molecule has 0 aromatic heterocycles. The number of benzene rings is 1. The van der Waals surface area contributed by atoms with Crippen molar-refractivity contribution < 1.29 is 23.8 Å². The molecule has 0 aliphatic heterocycles. The van der Waals surface area contributed by atoms with Crippen LogP contribution in [0.4, 0.5) is 4.79 Å². The molecule has 0 bridgehead atoms. The zero-order chi connectivity index (χ0) is 14.3. The first kappa shape index (κ1) is 14.5. The summed E-state index contributed by atoms with van der Waals surface area (Å²) in [5.74, 6) is 0.303. The number of amides is 1. The Kier molecular flexibility index (Phi) is 5.34. The Morgan fingerprint density at radius 3 is 2.58 bits per heavy atom. The molecule has 1 amide bonds. The Hall–Kier alpha value is -2.57. The first-order chi connectivity index (χ1) is 9.06. The van der Waals surface area contributed by atoms with Gasteiger partial charge in [0.15, 0.2) is 11.5 Å². The molecule has 0 atom stereocenters. The number of rotatable bonds is 4. The molecule has 0 saturated carbocycles. The fourth-order valence-corrected chi connectivity index (χ4v) is 1.18. The average molecular weight is 266 g/mol. The maximum atomic E-state index is 11.0. The highest BCUT2D eigenvalue weighted by atomic mass is 16.7. The number of methoxy groups -OCH3 is 2. The van der Waals surface area contributed by atoms with Crippen LogP contribution in [-0.2, 0) is 9.53 Å². The van der Waals surface area contributed by atoms with Crippen molar-refractivity contribution in [2.45, 2.75) is 6.92 Å². The van der Waals surface area contributed by atoms with Gasteiger partial charge in [-0.3, -0.25) is 4.79 Å². The van der Waals surface area contributed by atoms with E-state index in [2.05, 4.69) is 15.3 Å². The molecule has 0 saturated heterocycles. The largest absolute Gasteiger partial charge is 0.513 e. The highest BCUT2D eigenvalue weighted by Gasteiger charge is 2.10. The molecule has 19 heavy (non-hydrogen) atoms. The maximum Gasteiger partial charge on any atom is 0.513 e. The minimum Gasteiger partial charge on any atom is -0.493 e. The molecule has 102 valence electrons. The van der Waals surface area contributed by atoms with Crippen molar-refractivity contribution in [1.29, 1.82) is 0 Å². The standard InChI is InChI=1S/C12H14N2O5/c1-8(15)14-13-7-9-4-5-10(11(6-9)17-2)19-12(16)18-3/h4-7H,1-3H3,(H,14,15)/b13-7-. The van der Waals surface area contributed by atoms with Gasteiger partial charge in [0.25, 0.3) is 0 Å². The minimum atomic E-state index is -0.835. The smallest absolute Gasteiger partial charge is 0.493 e. The minimum absolute atomic E-state index is 0.228. The normalized spacial score (nSPS) is 10.1. The highest BCUT2D eigenvalue weighted by molar-refractivity contribution is 5.83. The zero-order valence-electron chi connectivity index (χ0n) is 10.8. The molecule has 0 heterocycles. The van der Waals surface area contributed by atoms with Crippen LogP contribution in [0.25, 0.3) is 0 Å². The molecule has 7 heteroatoms. The second kappa shape index (κ2) is 7.00. The van der Waals surface area contributed by atoms with Crippen LogP contribution in [0, 0.1) is 0 Å². The number of hydrazone groups is 1. The molecular formula is C12H14N2O5. The van der Waals surface area contributed by atoms with Crippen LogP contribution < -0.4 is 14.9 Å². The summed E-state index contributed by atoms with van der Waals surface area (Å²) < 4.78 is 14.3. The number of nitrogens with zero attached hydrogens (tertiary/aromatic N) is 1. The fraction of sp³-hybridized carbons (Fsp3) is 0.250. The first-order valence-corrected chi connectivity index (χ1v) is 5.30. The topological polar surface area (TPSA) is 86.2 Å². The van der Waals surface area contributed by atoms with Crippen molar-refractivity contribution in [3.05, 3.63) is 23.8 Å². The number of ether oxygens (including phenoxy) is 3. The van der Waals surface area contributed by atoms with Crippen molar-refractivity contribution in [3.63, 3.8) is 0 Å². The van der Waals surface area contributed by atoms with Crippen LogP contribution >= 0.6 is 0 Å². The van der Waals surface area contributed by atoms with Gasteiger partial charge in [0, 0.05) is 6.92 Å². The lowest BCUT2D eigenvalue weighted by molar-refractivity contribution is -0.118. The van der Waals surface area contributed by atoms with Crippen LogP contribution in [0.3, 0.4) is 0 Å². The summed E-state index contributed by atoms with van der Waals surface area (Å²) in [6.45, 7) is 1.35. The van der Waals surface area contributed by atoms with E-state index in [-0.39, 0.29) is 11.7 Å². The third-order valence-electron chi connectivity index (χ3n) is 1.98. The Bertz CT molecular complexity index is 499. The predicted molar refractivity (Wildman–Crippen MR) is 67.4 cm³/mol. The van der Waals surface area contributed by atoms with Gasteiger partial charge in [0.1, 0.15) is 0 Å². The fourth-order valence-electron chi connectivity index (χ4n) is 1.18. The van der Waals surface area contributed by atoms with Gasteiger partial charge in [-0.1, -0.05) is 0 Å². The van der Waals surface area contributed by atoms with Crippen molar-refractivity contribution in [1.82, 2.24) is 5.43 Å². The van der Waals surface area contributed by atoms with Gasteiger partial charge in [-0.15, -0.1) is 0 Å². The highest BCUT2D eigenvalue weighted by Crippen LogP contribution is 2.27. The van der Waals surface area contributed by atoms with Gasteiger partial charge in [-0.2, -0.15) is 5.10 Å². The number of hydrogen-bond acceptors (Lipinski definition) is 6. The Balaban J connectivity index is 2.86. The van der Waals surface area contributed by atoms with E-state index in [9.17, 15) is 9.59 Å². The van der Waals surface area contributed by atoms with E-state index in [0.29, 0.717) is 11.3 Å². The van der Waals surface area contributed by atoms with E-state index in [1.54, 1.807) is 12.1 Å². The quantitative estimate of drug-likeness (QED) is 0.384. The Morgan fingerprint density at radius 1 is 1.26 bits per heavy atom. The van der Waals surface area contributed by atoms with Crippen molar-refractivity contribution >= 4 is 18.3 Å². The summed E-state index contributed by atoms with van der Waals surface area (Å²) in [7, 11) is 2.65. The summed E-state index contributed by atoms with van der Waals surface area (Å²) in [5, 5.41) is 3.71. The molecule has 1 aromatic rings. The van der Waals surface area contributed by atoms with Gasteiger partial charge in [0.2, 0.25) is 5.91 Å². The maximum absolute atomic E-state index is 11.0. The van der Waals surface area contributed by atoms with Gasteiger partial charge >= 0.3 is 6.16 Å². The lowest BCUT2D eigenvalue weighted by Gasteiger charge is -2.08. The molecule has 0 spiro atoms. The van der Waals surface area contributed by atoms with E-state index in [1.807, 2.05) is 0 Å². The van der Waals surface area contributed by atoms with Crippen LogP contribution in [-0.4, -0.2) is 32.5 Å². The van der Waals surface area contributed by atoms with E-state index in [0.717, 1.165) is 0 Å². The monoisotopic (exact) mass is 266 g/mol. The van der Waals surface area contributed by atoms with Gasteiger partial charge in [0.05, 0.1) is 20.4 Å². The number of carbonyl (C=O) groups excluding carboxylic acids is 2.